The molecule has 2 aromatic carbocycles. The van der Waals surface area contributed by atoms with Crippen molar-refractivity contribution in [3.63, 3.8) is 0 Å². The number of fused-ring (bicyclic) bond motifs is 3. The van der Waals surface area contributed by atoms with Gasteiger partial charge in [-0.05, 0) is 33.3 Å². The summed E-state index contributed by atoms with van der Waals surface area (Å²) in [4.78, 5) is 0. The standard InChI is InChI=1S/C19H23ClSi/c1-13(2)21(20,14(3)4)19-17-11-7-5-9-15(17)16-10-6-8-12-18(16)19/h5-14,19H,1-4H3. The predicted molar refractivity (Wildman–Crippen MR) is 95.5 cm³/mol. The fourth-order valence-electron chi connectivity index (χ4n) is 3.97. The molecule has 0 saturated heterocycles. The van der Waals surface area contributed by atoms with Crippen molar-refractivity contribution in [2.45, 2.75) is 44.3 Å². The van der Waals surface area contributed by atoms with Gasteiger partial charge in [-0.2, -0.15) is 11.1 Å². The summed E-state index contributed by atoms with van der Waals surface area (Å²) in [6.45, 7) is 9.23. The second kappa shape index (κ2) is 5.30. The molecule has 0 unspecified atom stereocenters. The molecule has 0 aliphatic heterocycles. The maximum atomic E-state index is 7.41. The van der Waals surface area contributed by atoms with E-state index in [1.807, 2.05) is 0 Å². The average Bonchev–Trinajstić information content (AvgIpc) is 2.81. The summed E-state index contributed by atoms with van der Waals surface area (Å²) in [5.41, 5.74) is 7.16. The summed E-state index contributed by atoms with van der Waals surface area (Å²) >= 11 is 7.41. The second-order valence-electron chi connectivity index (χ2n) is 6.74. The quantitative estimate of drug-likeness (QED) is 0.458. The molecule has 0 spiro atoms. The Balaban J connectivity index is 2.28. The van der Waals surface area contributed by atoms with E-state index in [0.29, 0.717) is 16.6 Å². The van der Waals surface area contributed by atoms with Crippen LogP contribution in [0.15, 0.2) is 48.5 Å². The van der Waals surface area contributed by atoms with Gasteiger partial charge in [-0.1, -0.05) is 76.2 Å². The topological polar surface area (TPSA) is 0 Å². The first-order chi connectivity index (χ1) is 9.98. The van der Waals surface area contributed by atoms with E-state index in [0.717, 1.165) is 0 Å². The van der Waals surface area contributed by atoms with Gasteiger partial charge in [0.05, 0.1) is 0 Å². The van der Waals surface area contributed by atoms with Crippen LogP contribution in [0.5, 0.6) is 0 Å². The van der Waals surface area contributed by atoms with E-state index < -0.39 is 7.38 Å². The van der Waals surface area contributed by atoms with Crippen LogP contribution in [0.3, 0.4) is 0 Å². The van der Waals surface area contributed by atoms with Gasteiger partial charge in [0, 0.05) is 5.54 Å². The zero-order valence-corrected chi connectivity index (χ0v) is 15.0. The third-order valence-corrected chi connectivity index (χ3v) is 13.4. The summed E-state index contributed by atoms with van der Waals surface area (Å²) in [5, 5.41) is 0. The summed E-state index contributed by atoms with van der Waals surface area (Å²) in [7, 11) is -2.00. The van der Waals surface area contributed by atoms with Crippen molar-refractivity contribution in [2.24, 2.45) is 0 Å². The highest BCUT2D eigenvalue weighted by Crippen LogP contribution is 2.56. The molecular weight excluding hydrogens is 292 g/mol. The van der Waals surface area contributed by atoms with Crippen molar-refractivity contribution in [1.82, 2.24) is 0 Å². The smallest absolute Gasteiger partial charge is 0.165 e. The van der Waals surface area contributed by atoms with Crippen LogP contribution in [-0.2, 0) is 0 Å². The molecule has 0 amide bonds. The number of hydrogen-bond donors (Lipinski definition) is 0. The zero-order valence-electron chi connectivity index (χ0n) is 13.2. The Bertz CT molecular complexity index is 607. The third kappa shape index (κ3) is 2.10. The summed E-state index contributed by atoms with van der Waals surface area (Å²) in [6.07, 6.45) is 0. The Morgan fingerprint density at radius 3 is 1.52 bits per heavy atom. The van der Waals surface area contributed by atoms with Crippen LogP contribution >= 0.6 is 11.1 Å². The van der Waals surface area contributed by atoms with Crippen LogP contribution in [-0.4, -0.2) is 7.38 Å². The van der Waals surface area contributed by atoms with E-state index in [4.69, 9.17) is 11.1 Å². The minimum absolute atomic E-state index is 0.409. The molecule has 3 rings (SSSR count). The van der Waals surface area contributed by atoms with Crippen molar-refractivity contribution in [3.05, 3.63) is 59.7 Å². The monoisotopic (exact) mass is 314 g/mol. The van der Waals surface area contributed by atoms with Crippen LogP contribution < -0.4 is 0 Å². The third-order valence-electron chi connectivity index (χ3n) is 5.05. The van der Waals surface area contributed by atoms with Crippen molar-refractivity contribution >= 4 is 18.5 Å². The molecule has 2 heteroatoms. The molecule has 21 heavy (non-hydrogen) atoms. The van der Waals surface area contributed by atoms with Gasteiger partial charge in [0.1, 0.15) is 0 Å². The predicted octanol–water partition coefficient (Wildman–Crippen LogP) is 6.34. The minimum Gasteiger partial charge on any atom is -0.165 e. The Labute approximate surface area is 133 Å². The highest BCUT2D eigenvalue weighted by atomic mass is 35.6. The van der Waals surface area contributed by atoms with E-state index in [1.165, 1.54) is 22.3 Å². The fourth-order valence-corrected chi connectivity index (χ4v) is 8.79. The van der Waals surface area contributed by atoms with Gasteiger partial charge in [-0.25, -0.2) is 0 Å². The number of halogens is 1. The molecule has 110 valence electrons. The van der Waals surface area contributed by atoms with Crippen LogP contribution in [0.4, 0.5) is 0 Å². The average molecular weight is 315 g/mol. The molecular formula is C19H23ClSi. The highest BCUT2D eigenvalue weighted by molar-refractivity contribution is 7.22. The van der Waals surface area contributed by atoms with Gasteiger partial charge < -0.3 is 0 Å². The maximum absolute atomic E-state index is 7.41. The first-order valence-electron chi connectivity index (χ1n) is 7.85. The lowest BCUT2D eigenvalue weighted by molar-refractivity contribution is 0.875. The molecule has 0 N–H and O–H groups in total. The van der Waals surface area contributed by atoms with Gasteiger partial charge in [0.2, 0.25) is 0 Å². The molecule has 0 fully saturated rings. The van der Waals surface area contributed by atoms with E-state index in [1.54, 1.807) is 0 Å². The lowest BCUT2D eigenvalue weighted by Crippen LogP contribution is -2.42. The van der Waals surface area contributed by atoms with Crippen molar-refractivity contribution in [3.8, 4) is 11.1 Å². The van der Waals surface area contributed by atoms with E-state index in [2.05, 4.69) is 76.2 Å². The first kappa shape index (κ1) is 14.9. The molecule has 0 aromatic heterocycles. The molecule has 1 aliphatic rings. The van der Waals surface area contributed by atoms with E-state index in [-0.39, 0.29) is 0 Å². The molecule has 0 atom stereocenters. The Kier molecular flexibility index (Phi) is 3.75. The summed E-state index contributed by atoms with van der Waals surface area (Å²) in [5.74, 6) is 0. The van der Waals surface area contributed by atoms with Crippen LogP contribution in [0.2, 0.25) is 11.1 Å². The molecule has 0 radical (unpaired) electrons. The van der Waals surface area contributed by atoms with E-state index >= 15 is 0 Å². The van der Waals surface area contributed by atoms with Crippen LogP contribution in [0.1, 0.15) is 44.4 Å². The van der Waals surface area contributed by atoms with Gasteiger partial charge in [0.25, 0.3) is 0 Å². The van der Waals surface area contributed by atoms with Gasteiger partial charge >= 0.3 is 0 Å². The van der Waals surface area contributed by atoms with Gasteiger partial charge in [-0.3, -0.25) is 0 Å². The lowest BCUT2D eigenvalue weighted by atomic mass is 10.1. The number of benzene rings is 2. The Morgan fingerprint density at radius 2 is 1.14 bits per heavy atom. The van der Waals surface area contributed by atoms with Gasteiger partial charge in [-0.15, -0.1) is 0 Å². The molecule has 0 nitrogen and oxygen atoms in total. The summed E-state index contributed by atoms with van der Waals surface area (Å²) < 4.78 is 0. The van der Waals surface area contributed by atoms with E-state index in [9.17, 15) is 0 Å². The normalized spacial score (nSPS) is 14.6. The molecule has 0 saturated carbocycles. The largest absolute Gasteiger partial charge is 0.173 e. The summed E-state index contributed by atoms with van der Waals surface area (Å²) in [6, 6.07) is 17.7. The molecule has 0 heterocycles. The number of rotatable bonds is 3. The molecule has 2 aromatic rings. The highest BCUT2D eigenvalue weighted by Gasteiger charge is 2.50. The first-order valence-corrected chi connectivity index (χ1v) is 11.1. The Morgan fingerprint density at radius 1 is 0.762 bits per heavy atom. The zero-order chi connectivity index (χ0) is 15.2. The fraction of sp³-hybridized carbons (Fsp3) is 0.368. The van der Waals surface area contributed by atoms with Crippen LogP contribution in [0, 0.1) is 0 Å². The Hall–Kier alpha value is -1.05. The van der Waals surface area contributed by atoms with Crippen LogP contribution in [0.25, 0.3) is 11.1 Å². The SMILES string of the molecule is CC(C)[Si](Cl)(C(C)C)C1c2ccccc2-c2ccccc21. The lowest BCUT2D eigenvalue weighted by Gasteiger charge is -2.39. The van der Waals surface area contributed by atoms with Crippen molar-refractivity contribution in [1.29, 1.82) is 0 Å². The number of hydrogen-bond acceptors (Lipinski definition) is 0. The molecule has 0 bridgehead atoms. The minimum atomic E-state index is -2.00. The van der Waals surface area contributed by atoms with Crippen molar-refractivity contribution < 1.29 is 0 Å². The maximum Gasteiger partial charge on any atom is 0.173 e. The second-order valence-corrected chi connectivity index (χ2v) is 13.2. The van der Waals surface area contributed by atoms with Gasteiger partial charge in [0.15, 0.2) is 7.38 Å². The van der Waals surface area contributed by atoms with Crippen molar-refractivity contribution in [2.75, 3.05) is 0 Å². The molecule has 1 aliphatic carbocycles.